The highest BCUT2D eigenvalue weighted by Crippen LogP contribution is 2.56. The van der Waals surface area contributed by atoms with E-state index in [1.165, 1.54) is 24.3 Å². The molecular formula is C64H52F2N6O4. The second-order valence-electron chi connectivity index (χ2n) is 20.0. The molecule has 0 aromatic heterocycles. The van der Waals surface area contributed by atoms with Crippen LogP contribution < -0.4 is 22.1 Å². The van der Waals surface area contributed by atoms with Crippen LogP contribution in [0.15, 0.2) is 133 Å². The van der Waals surface area contributed by atoms with Crippen molar-refractivity contribution in [1.29, 1.82) is 10.5 Å². The van der Waals surface area contributed by atoms with Gasteiger partial charge in [0.25, 0.3) is 11.8 Å². The van der Waals surface area contributed by atoms with Crippen LogP contribution >= 0.6 is 0 Å². The van der Waals surface area contributed by atoms with Crippen molar-refractivity contribution in [3.8, 4) is 34.4 Å². The number of nitrogens with one attached hydrogen (secondary N) is 2. The Morgan fingerprint density at radius 2 is 0.816 bits per heavy atom. The molecule has 0 spiro atoms. The third-order valence-corrected chi connectivity index (χ3v) is 15.3. The molecule has 8 aromatic rings. The van der Waals surface area contributed by atoms with Gasteiger partial charge in [-0.3, -0.25) is 9.59 Å². The van der Waals surface area contributed by atoms with Gasteiger partial charge in [-0.2, -0.15) is 10.5 Å². The topological polar surface area (TPSA) is 176 Å². The van der Waals surface area contributed by atoms with Crippen molar-refractivity contribution < 1.29 is 27.8 Å². The van der Waals surface area contributed by atoms with E-state index in [2.05, 4.69) is 47.0 Å². The summed E-state index contributed by atoms with van der Waals surface area (Å²) in [5.41, 5.74) is 33.5. The first-order valence-electron chi connectivity index (χ1n) is 25.2. The van der Waals surface area contributed by atoms with Gasteiger partial charge < -0.3 is 31.6 Å². The Hall–Kier alpha value is -8.62. The minimum atomic E-state index is -0.438. The Labute approximate surface area is 439 Å². The first-order chi connectivity index (χ1) is 36.7. The van der Waals surface area contributed by atoms with E-state index < -0.39 is 11.6 Å². The van der Waals surface area contributed by atoms with Crippen LogP contribution in [0.2, 0.25) is 0 Å². The van der Waals surface area contributed by atoms with E-state index in [1.807, 2.05) is 100 Å². The summed E-state index contributed by atoms with van der Waals surface area (Å²) in [5, 5.41) is 25.1. The molecule has 0 radical (unpaired) electrons. The maximum Gasteiger partial charge on any atom is 0.251 e. The van der Waals surface area contributed by atoms with Gasteiger partial charge >= 0.3 is 0 Å². The van der Waals surface area contributed by atoms with Crippen LogP contribution in [0.3, 0.4) is 0 Å². The molecule has 76 heavy (non-hydrogen) atoms. The van der Waals surface area contributed by atoms with Crippen molar-refractivity contribution in [3.63, 3.8) is 0 Å². The second kappa shape index (κ2) is 19.9. The molecule has 0 aliphatic carbocycles. The summed E-state index contributed by atoms with van der Waals surface area (Å²) in [6.07, 6.45) is -0.966. The van der Waals surface area contributed by atoms with Crippen LogP contribution in [0, 0.1) is 62.0 Å². The fraction of sp³-hybridized carbons (Fsp3) is 0.188. The number of ether oxygens (including phenoxy) is 2. The predicted molar refractivity (Wildman–Crippen MR) is 285 cm³/mol. The summed E-state index contributed by atoms with van der Waals surface area (Å²) >= 11 is 0. The number of benzene rings is 8. The molecule has 12 rings (SSSR count). The average molecular weight is 1010 g/mol. The number of halogens is 2. The summed E-state index contributed by atoms with van der Waals surface area (Å²) in [6.45, 7) is 10.0. The molecule has 0 saturated carbocycles. The maximum atomic E-state index is 13.7. The Balaban J connectivity index is 0.000000162. The quantitative estimate of drug-likeness (QED) is 0.105. The smallest absolute Gasteiger partial charge is 0.251 e. The fourth-order valence-electron chi connectivity index (χ4n) is 11.5. The maximum absolute atomic E-state index is 13.7. The average Bonchev–Trinajstić information content (AvgIpc) is 4.29. The van der Waals surface area contributed by atoms with Gasteiger partial charge in [-0.05, 0) is 200 Å². The number of carbonyl (C=O) groups excluding carboxylic acids is 2. The Morgan fingerprint density at radius 3 is 1.18 bits per heavy atom. The highest BCUT2D eigenvalue weighted by atomic mass is 19.1. The minimum Gasteiger partial charge on any atom is -0.356 e. The third kappa shape index (κ3) is 8.81. The van der Waals surface area contributed by atoms with Gasteiger partial charge in [0, 0.05) is 37.3 Å². The molecule has 8 aromatic carbocycles. The zero-order valence-corrected chi connectivity index (χ0v) is 42.3. The number of amides is 2. The van der Waals surface area contributed by atoms with Crippen LogP contribution in [0.25, 0.3) is 22.3 Å². The van der Waals surface area contributed by atoms with E-state index in [1.54, 1.807) is 12.1 Å². The Bertz CT molecular complexity index is 3790. The van der Waals surface area contributed by atoms with Crippen molar-refractivity contribution >= 4 is 11.8 Å². The lowest BCUT2D eigenvalue weighted by Gasteiger charge is -2.18. The SMILES string of the molecule is Cc1cc(CN)cc(C)c1CNC(=O)c1ccc2c(c1)C1OC2c2cc(-c3ccc(F)cc3C#N)ccc21.Cc1cc(CN)cc(C)c1CNC(=O)c1ccc2c(c1)C1OC2c2ccc(-c3ccc(F)cc3C#N)cc21. The molecular weight excluding hydrogens is 955 g/mol. The molecule has 6 N–H and O–H groups in total. The van der Waals surface area contributed by atoms with E-state index in [9.17, 15) is 28.9 Å². The minimum absolute atomic E-state index is 0.131. The summed E-state index contributed by atoms with van der Waals surface area (Å²) in [4.78, 5) is 26.2. The highest BCUT2D eigenvalue weighted by Gasteiger charge is 2.44. The number of nitrogens with zero attached hydrogens (tertiary/aromatic N) is 2. The van der Waals surface area contributed by atoms with Crippen molar-refractivity contribution in [2.75, 3.05) is 0 Å². The molecule has 4 atom stereocenters. The molecule has 0 saturated heterocycles. The van der Waals surface area contributed by atoms with Gasteiger partial charge in [0.2, 0.25) is 0 Å². The molecule has 4 aliphatic heterocycles. The first kappa shape index (κ1) is 49.6. The number of nitrogens with two attached hydrogens (primary N) is 2. The van der Waals surface area contributed by atoms with Gasteiger partial charge in [-0.1, -0.05) is 72.8 Å². The number of hydrogen-bond donors (Lipinski definition) is 4. The highest BCUT2D eigenvalue weighted by molar-refractivity contribution is 5.95. The van der Waals surface area contributed by atoms with E-state index >= 15 is 0 Å². The molecule has 376 valence electrons. The number of nitriles is 2. The zero-order valence-electron chi connectivity index (χ0n) is 42.3. The van der Waals surface area contributed by atoms with Gasteiger partial charge in [0.05, 0.1) is 23.3 Å². The molecule has 12 heteroatoms. The monoisotopic (exact) mass is 1010 g/mol. The van der Waals surface area contributed by atoms with E-state index in [-0.39, 0.29) is 41.8 Å². The summed E-state index contributed by atoms with van der Waals surface area (Å²) in [6, 6.07) is 44.4. The van der Waals surface area contributed by atoms with Crippen molar-refractivity contribution in [2.45, 2.75) is 78.3 Å². The van der Waals surface area contributed by atoms with E-state index in [0.29, 0.717) is 54.0 Å². The molecule has 4 heterocycles. The largest absolute Gasteiger partial charge is 0.356 e. The summed E-state index contributed by atoms with van der Waals surface area (Å²) in [5.74, 6) is -1.15. The fourth-order valence-corrected chi connectivity index (χ4v) is 11.5. The summed E-state index contributed by atoms with van der Waals surface area (Å²) in [7, 11) is 0. The lowest BCUT2D eigenvalue weighted by molar-refractivity contribution is 0.0856. The van der Waals surface area contributed by atoms with Crippen molar-refractivity contribution in [2.24, 2.45) is 11.5 Å². The number of rotatable bonds is 10. The molecule has 0 fully saturated rings. The van der Waals surface area contributed by atoms with Crippen LogP contribution in [0.4, 0.5) is 8.78 Å². The molecule has 4 bridgehead atoms. The molecule has 2 amide bonds. The lowest BCUT2D eigenvalue weighted by Crippen LogP contribution is -2.24. The van der Waals surface area contributed by atoms with Gasteiger partial charge in [-0.25, -0.2) is 8.78 Å². The standard InChI is InChI=1S/2C32H26FN3O2/c1-17-9-19(14-34)10-18(2)29(17)16-36-32(37)21-4-7-26-28(13-21)31-25-6-3-20(12-27(25)30(26)38-31)24-8-5-23(33)11-22(24)15-35;1-17-9-19(14-34)10-18(2)29(17)16-36-32(37)21-4-7-26-28(13-21)31-27-12-20(3-6-25(27)30(26)38-31)24-8-5-23(33)11-22(24)15-35/h2*3-13,30-31H,14,16,34H2,1-2H3,(H,36,37). The van der Waals surface area contributed by atoms with Gasteiger partial charge in [0.1, 0.15) is 36.1 Å². The van der Waals surface area contributed by atoms with Gasteiger partial charge in [0.15, 0.2) is 0 Å². The second-order valence-corrected chi connectivity index (χ2v) is 20.0. The number of hydrogen-bond acceptors (Lipinski definition) is 8. The van der Waals surface area contributed by atoms with Gasteiger partial charge in [-0.15, -0.1) is 0 Å². The lowest BCUT2D eigenvalue weighted by atomic mass is 9.83. The van der Waals surface area contributed by atoms with E-state index in [4.69, 9.17) is 20.9 Å². The Morgan fingerprint density at radius 1 is 0.474 bits per heavy atom. The third-order valence-electron chi connectivity index (χ3n) is 15.3. The van der Waals surface area contributed by atoms with Crippen LogP contribution in [0.1, 0.15) is 145 Å². The first-order valence-corrected chi connectivity index (χ1v) is 25.2. The Kier molecular flexibility index (Phi) is 13.0. The van der Waals surface area contributed by atoms with Crippen molar-refractivity contribution in [1.82, 2.24) is 10.6 Å². The van der Waals surface area contributed by atoms with E-state index in [0.717, 1.165) is 100 Å². The zero-order chi connectivity index (χ0) is 53.1. The normalized spacial score (nSPS) is 16.6. The van der Waals surface area contributed by atoms with Crippen LogP contribution in [-0.4, -0.2) is 11.8 Å². The van der Waals surface area contributed by atoms with Crippen LogP contribution in [0.5, 0.6) is 0 Å². The number of fused-ring (bicyclic) bond motifs is 16. The molecule has 4 unspecified atom stereocenters. The molecule has 4 aliphatic rings. The number of aryl methyl sites for hydroxylation is 4. The summed E-state index contributed by atoms with van der Waals surface area (Å²) < 4.78 is 40.0. The number of carbonyl (C=O) groups is 2. The van der Waals surface area contributed by atoms with Crippen LogP contribution in [-0.2, 0) is 35.7 Å². The predicted octanol–water partition coefficient (Wildman–Crippen LogP) is 11.8. The molecule has 10 nitrogen and oxygen atoms in total. The van der Waals surface area contributed by atoms with Crippen molar-refractivity contribution in [3.05, 3.63) is 256 Å².